The molecule has 1 N–H and O–H groups in total. The quantitative estimate of drug-likeness (QED) is 0.288. The van der Waals surface area contributed by atoms with Gasteiger partial charge in [0.05, 0.1) is 6.61 Å². The van der Waals surface area contributed by atoms with E-state index in [-0.39, 0.29) is 24.0 Å². The van der Waals surface area contributed by atoms with Crippen LogP contribution in [-0.4, -0.2) is 51.3 Å². The third-order valence-electron chi connectivity index (χ3n) is 4.40. The summed E-state index contributed by atoms with van der Waals surface area (Å²) >= 11 is 0. The molecule has 1 fully saturated rings. The number of aliphatic imine (C=N–C) groups is 1. The molecule has 1 aromatic rings. The van der Waals surface area contributed by atoms with Crippen LogP contribution in [0.3, 0.4) is 0 Å². The number of nitrogens with one attached hydrogen (secondary N) is 1. The van der Waals surface area contributed by atoms with Crippen LogP contribution in [0.2, 0.25) is 0 Å². The second kappa shape index (κ2) is 12.5. The van der Waals surface area contributed by atoms with Gasteiger partial charge in [-0.05, 0) is 31.2 Å². The summed E-state index contributed by atoms with van der Waals surface area (Å²) in [4.78, 5) is 6.61. The Morgan fingerprint density at radius 1 is 1.25 bits per heavy atom. The van der Waals surface area contributed by atoms with Crippen molar-refractivity contribution >= 4 is 29.9 Å². The largest absolute Gasteiger partial charge is 0.381 e. The van der Waals surface area contributed by atoms with E-state index < -0.39 is 0 Å². The van der Waals surface area contributed by atoms with Gasteiger partial charge in [0.2, 0.25) is 0 Å². The van der Waals surface area contributed by atoms with Gasteiger partial charge in [0.1, 0.15) is 0 Å². The molecule has 0 bridgehead atoms. The molecule has 1 aliphatic rings. The van der Waals surface area contributed by atoms with E-state index in [2.05, 4.69) is 52.6 Å². The molecule has 136 valence electrons. The maximum atomic E-state index is 5.45. The number of guanidine groups is 1. The van der Waals surface area contributed by atoms with Crippen molar-refractivity contribution in [3.8, 4) is 0 Å². The lowest BCUT2D eigenvalue weighted by molar-refractivity contribution is 0.181. The molecule has 1 heterocycles. The molecular formula is C19H32IN3O. The van der Waals surface area contributed by atoms with Crippen molar-refractivity contribution in [3.63, 3.8) is 0 Å². The summed E-state index contributed by atoms with van der Waals surface area (Å²) in [5, 5.41) is 3.48. The summed E-state index contributed by atoms with van der Waals surface area (Å²) < 4.78 is 5.45. The Morgan fingerprint density at radius 3 is 2.71 bits per heavy atom. The van der Waals surface area contributed by atoms with Crippen molar-refractivity contribution in [2.45, 2.75) is 32.1 Å². The topological polar surface area (TPSA) is 36.9 Å². The number of unbranched alkanes of at least 4 members (excludes halogenated alkanes) is 2. The average molecular weight is 445 g/mol. The number of hydrogen-bond acceptors (Lipinski definition) is 2. The zero-order chi connectivity index (χ0) is 16.3. The van der Waals surface area contributed by atoms with Crippen LogP contribution in [0.1, 0.15) is 31.2 Å². The van der Waals surface area contributed by atoms with E-state index in [1.165, 1.54) is 37.7 Å². The first-order chi connectivity index (χ1) is 11.3. The van der Waals surface area contributed by atoms with Crippen LogP contribution in [0.15, 0.2) is 35.3 Å². The lowest BCUT2D eigenvalue weighted by Gasteiger charge is -2.24. The third kappa shape index (κ3) is 7.83. The zero-order valence-corrected chi connectivity index (χ0v) is 17.4. The Morgan fingerprint density at radius 2 is 2.04 bits per heavy atom. The highest BCUT2D eigenvalue weighted by atomic mass is 127. The number of benzene rings is 1. The SMILES string of the molecule is CN=C(NCCCCCc1ccccc1)N(C)CC1CCOC1.I. The van der Waals surface area contributed by atoms with E-state index in [0.29, 0.717) is 5.92 Å². The summed E-state index contributed by atoms with van der Waals surface area (Å²) in [6.07, 6.45) is 6.03. The highest BCUT2D eigenvalue weighted by Crippen LogP contribution is 2.13. The van der Waals surface area contributed by atoms with Gasteiger partial charge in [-0.3, -0.25) is 4.99 Å². The Hall–Kier alpha value is -0.820. The maximum absolute atomic E-state index is 5.45. The summed E-state index contributed by atoms with van der Waals surface area (Å²) in [5.41, 5.74) is 1.44. The van der Waals surface area contributed by atoms with Crippen LogP contribution in [0.5, 0.6) is 0 Å². The molecule has 24 heavy (non-hydrogen) atoms. The minimum absolute atomic E-state index is 0. The molecule has 1 atom stereocenters. The maximum Gasteiger partial charge on any atom is 0.193 e. The molecule has 1 saturated heterocycles. The van der Waals surface area contributed by atoms with Crippen LogP contribution in [0, 0.1) is 5.92 Å². The molecule has 1 aromatic carbocycles. The summed E-state index contributed by atoms with van der Waals surface area (Å²) in [7, 11) is 3.97. The average Bonchev–Trinajstić information content (AvgIpc) is 3.08. The van der Waals surface area contributed by atoms with Gasteiger partial charge >= 0.3 is 0 Å². The predicted octanol–water partition coefficient (Wildman–Crippen LogP) is 3.56. The second-order valence-corrected chi connectivity index (χ2v) is 6.38. The molecule has 0 spiro atoms. The monoisotopic (exact) mass is 445 g/mol. The van der Waals surface area contributed by atoms with Gasteiger partial charge in [0.15, 0.2) is 5.96 Å². The molecule has 0 saturated carbocycles. The van der Waals surface area contributed by atoms with E-state index in [1.807, 2.05) is 7.05 Å². The van der Waals surface area contributed by atoms with Gasteiger partial charge in [0, 0.05) is 39.7 Å². The minimum Gasteiger partial charge on any atom is -0.381 e. The molecule has 1 aliphatic heterocycles. The van der Waals surface area contributed by atoms with Crippen LogP contribution < -0.4 is 5.32 Å². The smallest absolute Gasteiger partial charge is 0.193 e. The molecular weight excluding hydrogens is 413 g/mol. The summed E-state index contributed by atoms with van der Waals surface area (Å²) in [6, 6.07) is 10.7. The van der Waals surface area contributed by atoms with Crippen LogP contribution in [0.25, 0.3) is 0 Å². The molecule has 5 heteroatoms. The van der Waals surface area contributed by atoms with Gasteiger partial charge in [-0.15, -0.1) is 24.0 Å². The number of halogens is 1. The van der Waals surface area contributed by atoms with Gasteiger partial charge in [-0.2, -0.15) is 0 Å². The molecule has 0 aromatic heterocycles. The Balaban J connectivity index is 0.00000288. The van der Waals surface area contributed by atoms with Gasteiger partial charge in [-0.1, -0.05) is 36.8 Å². The summed E-state index contributed by atoms with van der Waals surface area (Å²) in [6.45, 7) is 3.81. The minimum atomic E-state index is 0. The number of hydrogen-bond donors (Lipinski definition) is 1. The van der Waals surface area contributed by atoms with Crippen molar-refractivity contribution in [2.24, 2.45) is 10.9 Å². The lowest BCUT2D eigenvalue weighted by Crippen LogP contribution is -2.41. The summed E-state index contributed by atoms with van der Waals surface area (Å²) in [5.74, 6) is 1.64. The molecule has 0 aliphatic carbocycles. The molecule has 0 amide bonds. The van der Waals surface area contributed by atoms with E-state index in [9.17, 15) is 0 Å². The first kappa shape index (κ1) is 21.2. The van der Waals surface area contributed by atoms with E-state index >= 15 is 0 Å². The van der Waals surface area contributed by atoms with E-state index in [4.69, 9.17) is 4.74 Å². The highest BCUT2D eigenvalue weighted by Gasteiger charge is 2.18. The Labute approximate surface area is 164 Å². The van der Waals surface area contributed by atoms with Crippen molar-refractivity contribution in [1.82, 2.24) is 10.2 Å². The Bertz CT molecular complexity index is 461. The van der Waals surface area contributed by atoms with Gasteiger partial charge in [-0.25, -0.2) is 0 Å². The fourth-order valence-electron chi connectivity index (χ4n) is 3.06. The molecule has 0 radical (unpaired) electrons. The highest BCUT2D eigenvalue weighted by molar-refractivity contribution is 14.0. The first-order valence-corrected chi connectivity index (χ1v) is 8.83. The first-order valence-electron chi connectivity index (χ1n) is 8.83. The lowest BCUT2D eigenvalue weighted by atomic mass is 10.1. The fraction of sp³-hybridized carbons (Fsp3) is 0.632. The Kier molecular flexibility index (Phi) is 11.1. The van der Waals surface area contributed by atoms with Gasteiger partial charge in [0.25, 0.3) is 0 Å². The van der Waals surface area contributed by atoms with E-state index in [1.54, 1.807) is 0 Å². The standard InChI is InChI=1S/C19H31N3O.HI/c1-20-19(22(2)15-18-12-14-23-16-18)21-13-8-4-7-11-17-9-5-3-6-10-17;/h3,5-6,9-10,18H,4,7-8,11-16H2,1-2H3,(H,20,21);1H. The van der Waals surface area contributed by atoms with Crippen LogP contribution >= 0.6 is 24.0 Å². The molecule has 4 nitrogen and oxygen atoms in total. The number of aryl methyl sites for hydroxylation is 1. The normalized spacial score (nSPS) is 17.4. The number of rotatable bonds is 8. The van der Waals surface area contributed by atoms with Crippen LogP contribution in [-0.2, 0) is 11.2 Å². The zero-order valence-electron chi connectivity index (χ0n) is 15.0. The fourth-order valence-corrected chi connectivity index (χ4v) is 3.06. The predicted molar refractivity (Wildman–Crippen MR) is 112 cm³/mol. The van der Waals surface area contributed by atoms with Crippen molar-refractivity contribution in [3.05, 3.63) is 35.9 Å². The molecule has 1 unspecified atom stereocenters. The number of nitrogens with zero attached hydrogens (tertiary/aromatic N) is 2. The van der Waals surface area contributed by atoms with Crippen molar-refractivity contribution in [2.75, 3.05) is 40.4 Å². The van der Waals surface area contributed by atoms with Crippen molar-refractivity contribution < 1.29 is 4.74 Å². The van der Waals surface area contributed by atoms with E-state index in [0.717, 1.165) is 32.3 Å². The van der Waals surface area contributed by atoms with Gasteiger partial charge < -0.3 is 15.0 Å². The molecule has 2 rings (SSSR count). The van der Waals surface area contributed by atoms with Crippen LogP contribution in [0.4, 0.5) is 0 Å². The third-order valence-corrected chi connectivity index (χ3v) is 4.40. The van der Waals surface area contributed by atoms with Crippen molar-refractivity contribution in [1.29, 1.82) is 0 Å². The second-order valence-electron chi connectivity index (χ2n) is 6.38. The number of ether oxygens (including phenoxy) is 1.